The highest BCUT2D eigenvalue weighted by atomic mass is 16.2. The lowest BCUT2D eigenvalue weighted by molar-refractivity contribution is -0.127. The van der Waals surface area contributed by atoms with Crippen molar-refractivity contribution in [1.29, 1.82) is 0 Å². The Labute approximate surface area is 146 Å². The topological polar surface area (TPSA) is 64.7 Å². The summed E-state index contributed by atoms with van der Waals surface area (Å²) in [5.41, 5.74) is 0.0579. The number of hydrogen-bond acceptors (Lipinski definition) is 3. The maximum absolute atomic E-state index is 12.7. The zero-order chi connectivity index (χ0) is 18.1. The van der Waals surface area contributed by atoms with E-state index in [1.165, 1.54) is 0 Å². The number of urea groups is 1. The molecule has 6 nitrogen and oxygen atoms in total. The second-order valence-corrected chi connectivity index (χ2v) is 8.94. The number of rotatable bonds is 2. The van der Waals surface area contributed by atoms with Crippen LogP contribution in [0.25, 0.3) is 0 Å². The van der Waals surface area contributed by atoms with E-state index in [0.717, 1.165) is 25.7 Å². The van der Waals surface area contributed by atoms with E-state index in [9.17, 15) is 9.59 Å². The fourth-order valence-corrected chi connectivity index (χ4v) is 4.36. The van der Waals surface area contributed by atoms with Gasteiger partial charge in [-0.05, 0) is 53.4 Å². The van der Waals surface area contributed by atoms with Crippen molar-refractivity contribution in [2.45, 2.75) is 70.5 Å². The number of nitrogens with zero attached hydrogens (tertiary/aromatic N) is 2. The molecule has 2 aliphatic rings. The highest BCUT2D eigenvalue weighted by Gasteiger charge is 2.39. The largest absolute Gasteiger partial charge is 0.353 e. The average Bonchev–Trinajstić information content (AvgIpc) is 2.43. The maximum Gasteiger partial charge on any atom is 0.319 e. The van der Waals surface area contributed by atoms with Crippen molar-refractivity contribution in [2.24, 2.45) is 5.92 Å². The Hall–Kier alpha value is -1.30. The number of hydrogen-bond donors (Lipinski definition) is 2. The summed E-state index contributed by atoms with van der Waals surface area (Å²) in [6.45, 7) is 10.1. The van der Waals surface area contributed by atoms with Gasteiger partial charge in [0.15, 0.2) is 0 Å². The van der Waals surface area contributed by atoms with Crippen LogP contribution >= 0.6 is 0 Å². The molecule has 3 amide bonds. The summed E-state index contributed by atoms with van der Waals surface area (Å²) in [5.74, 6) is 0.183. The second-order valence-electron chi connectivity index (χ2n) is 8.94. The molecule has 2 heterocycles. The molecule has 2 fully saturated rings. The zero-order valence-corrected chi connectivity index (χ0v) is 16.1. The van der Waals surface area contributed by atoms with Gasteiger partial charge in [-0.15, -0.1) is 0 Å². The molecule has 0 unspecified atom stereocenters. The first kappa shape index (κ1) is 19.0. The lowest BCUT2D eigenvalue weighted by Gasteiger charge is -2.47. The number of piperidine rings is 2. The van der Waals surface area contributed by atoms with Crippen LogP contribution in [0.5, 0.6) is 0 Å². The number of carbonyl (C=O) groups is 2. The molecule has 2 aliphatic heterocycles. The van der Waals surface area contributed by atoms with Crippen LogP contribution in [0.15, 0.2) is 0 Å². The molecular formula is C18H34N4O2. The van der Waals surface area contributed by atoms with E-state index in [1.807, 2.05) is 4.90 Å². The van der Waals surface area contributed by atoms with E-state index in [2.05, 4.69) is 38.3 Å². The van der Waals surface area contributed by atoms with Crippen LogP contribution in [0, 0.1) is 5.92 Å². The van der Waals surface area contributed by atoms with Crippen molar-refractivity contribution >= 4 is 11.9 Å². The molecule has 0 aromatic rings. The van der Waals surface area contributed by atoms with Crippen LogP contribution in [-0.2, 0) is 4.79 Å². The van der Waals surface area contributed by atoms with E-state index in [1.54, 1.807) is 19.0 Å². The highest BCUT2D eigenvalue weighted by Crippen LogP contribution is 2.29. The summed E-state index contributed by atoms with van der Waals surface area (Å²) >= 11 is 0. The minimum atomic E-state index is 0.0253. The molecule has 138 valence electrons. The Kier molecular flexibility index (Phi) is 5.47. The number of likely N-dealkylation sites (tertiary alicyclic amines) is 1. The fourth-order valence-electron chi connectivity index (χ4n) is 4.36. The maximum atomic E-state index is 12.7. The van der Waals surface area contributed by atoms with Crippen LogP contribution in [0.2, 0.25) is 0 Å². The summed E-state index contributed by atoms with van der Waals surface area (Å²) < 4.78 is 0. The van der Waals surface area contributed by atoms with Gasteiger partial charge in [-0.3, -0.25) is 4.79 Å². The highest BCUT2D eigenvalue weighted by molar-refractivity contribution is 5.80. The predicted molar refractivity (Wildman–Crippen MR) is 95.8 cm³/mol. The molecule has 2 saturated heterocycles. The molecular weight excluding hydrogens is 304 g/mol. The lowest BCUT2D eigenvalue weighted by Crippen LogP contribution is -2.62. The Bertz CT molecular complexity index is 463. The summed E-state index contributed by atoms with van der Waals surface area (Å²) in [5, 5.41) is 6.92. The van der Waals surface area contributed by atoms with Gasteiger partial charge in [-0.1, -0.05) is 0 Å². The smallest absolute Gasteiger partial charge is 0.319 e. The minimum Gasteiger partial charge on any atom is -0.353 e. The van der Waals surface area contributed by atoms with E-state index in [4.69, 9.17) is 0 Å². The Morgan fingerprint density at radius 2 is 1.54 bits per heavy atom. The molecule has 0 aliphatic carbocycles. The van der Waals surface area contributed by atoms with Crippen LogP contribution in [0.4, 0.5) is 4.79 Å². The standard InChI is InChI=1S/C18H34N4O2/c1-17(2)11-14(12-18(3,4)20-17)19-15(23)13-7-9-22(10-8-13)16(24)21(5)6/h13-14,20H,7-12H2,1-6H3,(H,19,23). The Morgan fingerprint density at radius 3 is 2.00 bits per heavy atom. The first-order chi connectivity index (χ1) is 11.0. The summed E-state index contributed by atoms with van der Waals surface area (Å²) in [6.07, 6.45) is 3.40. The number of carbonyl (C=O) groups excluding carboxylic acids is 2. The van der Waals surface area contributed by atoms with Gasteiger partial charge in [0.1, 0.15) is 0 Å². The van der Waals surface area contributed by atoms with Crippen LogP contribution in [0.3, 0.4) is 0 Å². The Balaban J connectivity index is 1.86. The van der Waals surface area contributed by atoms with Gasteiger partial charge in [0.2, 0.25) is 5.91 Å². The predicted octanol–water partition coefficient (Wildman–Crippen LogP) is 1.81. The third-order valence-electron chi connectivity index (χ3n) is 5.06. The first-order valence-electron chi connectivity index (χ1n) is 9.05. The van der Waals surface area contributed by atoms with Crippen molar-refractivity contribution in [1.82, 2.24) is 20.4 Å². The number of amides is 3. The first-order valence-corrected chi connectivity index (χ1v) is 9.05. The molecule has 6 heteroatoms. The van der Waals surface area contributed by atoms with Crippen LogP contribution in [0.1, 0.15) is 53.4 Å². The molecule has 0 radical (unpaired) electrons. The molecule has 0 spiro atoms. The average molecular weight is 338 g/mol. The lowest BCUT2D eigenvalue weighted by atomic mass is 9.79. The quantitative estimate of drug-likeness (QED) is 0.807. The van der Waals surface area contributed by atoms with Crippen LogP contribution < -0.4 is 10.6 Å². The van der Waals surface area contributed by atoms with Gasteiger partial charge >= 0.3 is 6.03 Å². The summed E-state index contributed by atoms with van der Waals surface area (Å²) in [6, 6.07) is 0.251. The van der Waals surface area contributed by atoms with Gasteiger partial charge in [-0.2, -0.15) is 0 Å². The van der Waals surface area contributed by atoms with Gasteiger partial charge in [0, 0.05) is 50.2 Å². The summed E-state index contributed by atoms with van der Waals surface area (Å²) in [7, 11) is 3.53. The number of nitrogens with one attached hydrogen (secondary N) is 2. The monoisotopic (exact) mass is 338 g/mol. The van der Waals surface area contributed by atoms with E-state index in [0.29, 0.717) is 13.1 Å². The molecule has 0 bridgehead atoms. The molecule has 0 saturated carbocycles. The molecule has 0 aromatic heterocycles. The third-order valence-corrected chi connectivity index (χ3v) is 5.06. The normalized spacial score (nSPS) is 24.5. The molecule has 2 N–H and O–H groups in total. The van der Waals surface area contributed by atoms with Crippen molar-refractivity contribution < 1.29 is 9.59 Å². The molecule has 0 atom stereocenters. The minimum absolute atomic E-state index is 0.0253. The fraction of sp³-hybridized carbons (Fsp3) is 0.889. The SMILES string of the molecule is CN(C)C(=O)N1CCC(C(=O)NC2CC(C)(C)NC(C)(C)C2)CC1. The van der Waals surface area contributed by atoms with Gasteiger partial charge < -0.3 is 20.4 Å². The van der Waals surface area contributed by atoms with E-state index >= 15 is 0 Å². The van der Waals surface area contributed by atoms with Crippen LogP contribution in [-0.4, -0.2) is 66.0 Å². The zero-order valence-electron chi connectivity index (χ0n) is 16.1. The molecule has 2 rings (SSSR count). The van der Waals surface area contributed by atoms with Gasteiger partial charge in [-0.25, -0.2) is 4.79 Å². The van der Waals surface area contributed by atoms with E-state index < -0.39 is 0 Å². The second kappa shape index (κ2) is 6.90. The van der Waals surface area contributed by atoms with Gasteiger partial charge in [0.05, 0.1) is 0 Å². The Morgan fingerprint density at radius 1 is 1.04 bits per heavy atom. The van der Waals surface area contributed by atoms with E-state index in [-0.39, 0.29) is 35.0 Å². The van der Waals surface area contributed by atoms with Crippen molar-refractivity contribution in [3.8, 4) is 0 Å². The molecule has 24 heavy (non-hydrogen) atoms. The molecule has 0 aromatic carbocycles. The third kappa shape index (κ3) is 4.85. The van der Waals surface area contributed by atoms with Gasteiger partial charge in [0.25, 0.3) is 0 Å². The van der Waals surface area contributed by atoms with Crippen molar-refractivity contribution in [3.63, 3.8) is 0 Å². The van der Waals surface area contributed by atoms with Crippen molar-refractivity contribution in [3.05, 3.63) is 0 Å². The summed E-state index contributed by atoms with van der Waals surface area (Å²) in [4.78, 5) is 28.1. The van der Waals surface area contributed by atoms with Crippen molar-refractivity contribution in [2.75, 3.05) is 27.2 Å².